The molecule has 0 radical (unpaired) electrons. The van der Waals surface area contributed by atoms with Gasteiger partial charge in [0.25, 0.3) is 0 Å². The molecule has 0 amide bonds. The van der Waals surface area contributed by atoms with Crippen LogP contribution in [0.1, 0.15) is 232 Å². The van der Waals surface area contributed by atoms with Crippen LogP contribution in [0.25, 0.3) is 0 Å². The summed E-state index contributed by atoms with van der Waals surface area (Å²) < 4.78 is 6.59. The second-order valence-corrected chi connectivity index (χ2v) is 14.5. The Labute approximate surface area is 294 Å². The topological polar surface area (TPSA) is 9.23 Å². The minimum atomic E-state index is -0.0954. The minimum absolute atomic E-state index is 0. The third-order valence-corrected chi connectivity index (χ3v) is 10.4. The average molecular weight is 625 g/mol. The fourth-order valence-corrected chi connectivity index (χ4v) is 7.59. The molecule has 0 N–H and O–H groups in total. The Morgan fingerprint density at radius 1 is 0.477 bits per heavy atom. The van der Waals surface area contributed by atoms with Gasteiger partial charge in [-0.25, -0.2) is 0 Å². The van der Waals surface area contributed by atoms with Crippen molar-refractivity contribution < 1.29 is 23.6 Å². The Morgan fingerprint density at radius 3 is 1.02 bits per heavy atom. The van der Waals surface area contributed by atoms with Gasteiger partial charge in [0.15, 0.2) is 0 Å². The van der Waals surface area contributed by atoms with Gasteiger partial charge in [0.05, 0.1) is 5.60 Å². The first-order valence-electron chi connectivity index (χ1n) is 19.9. The second-order valence-electron chi connectivity index (χ2n) is 13.8. The molecule has 0 unspecified atom stereocenters. The van der Waals surface area contributed by atoms with Crippen molar-refractivity contribution in [2.24, 2.45) is 0 Å². The van der Waals surface area contributed by atoms with Crippen LogP contribution in [-0.2, 0) is 10.3 Å². The molecule has 0 spiro atoms. The van der Waals surface area contributed by atoms with Gasteiger partial charge in [-0.2, -0.15) is 11.4 Å². The molecule has 0 aliphatic heterocycles. The number of hydrogen-bond donors (Lipinski definition) is 0. The molecule has 1 nitrogen and oxygen atoms in total. The maximum Gasteiger partial charge on any atom is 1.00 e. The van der Waals surface area contributed by atoms with Gasteiger partial charge < -0.3 is 16.1 Å². The maximum absolute atomic E-state index is 6.59. The Bertz CT molecular complexity index is 611. The molecule has 0 bridgehead atoms. The van der Waals surface area contributed by atoms with Crippen LogP contribution in [0.2, 0.25) is 0 Å². The van der Waals surface area contributed by atoms with Gasteiger partial charge in [0, 0.05) is 6.61 Å². The number of hydrogen-bond acceptors (Lipinski definition) is 2. The molecule has 1 aromatic heterocycles. The molecule has 0 aliphatic rings. The van der Waals surface area contributed by atoms with Gasteiger partial charge in [-0.3, -0.25) is 0 Å². The van der Waals surface area contributed by atoms with E-state index < -0.39 is 0 Å². The second kappa shape index (κ2) is 34.6. The van der Waals surface area contributed by atoms with Gasteiger partial charge in [-0.1, -0.05) is 206 Å². The molecule has 0 aromatic carbocycles. The van der Waals surface area contributed by atoms with Crippen molar-refractivity contribution in [3.63, 3.8) is 0 Å². The van der Waals surface area contributed by atoms with E-state index in [1.54, 1.807) is 11.3 Å². The van der Waals surface area contributed by atoms with E-state index in [4.69, 9.17) is 4.74 Å². The molecule has 3 heteroatoms. The summed E-state index contributed by atoms with van der Waals surface area (Å²) in [4.78, 5) is 0. The average Bonchev–Trinajstić information content (AvgIpc) is 3.57. The molecular weight excluding hydrogens is 547 g/mol. The first kappa shape index (κ1) is 44.3. The summed E-state index contributed by atoms with van der Waals surface area (Å²) in [6, 6.07) is 2.29. The van der Waals surface area contributed by atoms with Gasteiger partial charge >= 0.3 is 18.9 Å². The Hall–Kier alpha value is 0.257. The number of unbranched alkanes of at least 4 members (excludes halogenated alkanes) is 28. The van der Waals surface area contributed by atoms with E-state index >= 15 is 0 Å². The van der Waals surface area contributed by atoms with Gasteiger partial charge in [-0.15, -0.1) is 10.9 Å². The van der Waals surface area contributed by atoms with E-state index in [-0.39, 0.29) is 24.5 Å². The molecule has 1 aromatic rings. The molecule has 0 fully saturated rings. The number of ether oxygens (including phenoxy) is 1. The molecule has 44 heavy (non-hydrogen) atoms. The molecule has 254 valence electrons. The Kier molecular flexibility index (Phi) is 34.8. The van der Waals surface area contributed by atoms with Crippen molar-refractivity contribution in [2.45, 2.75) is 232 Å². The largest absolute Gasteiger partial charge is 1.00 e. The van der Waals surface area contributed by atoms with Crippen LogP contribution in [0.3, 0.4) is 0 Å². The molecule has 0 aliphatic carbocycles. The fraction of sp³-hybridized carbons (Fsp3) is 0.902. The van der Waals surface area contributed by atoms with Crippen LogP contribution >= 0.6 is 11.3 Å². The number of rotatable bonds is 35. The van der Waals surface area contributed by atoms with Gasteiger partial charge in [-0.05, 0) is 19.8 Å². The maximum atomic E-state index is 6.59. The van der Waals surface area contributed by atoms with Crippen molar-refractivity contribution >= 4 is 11.3 Å². The van der Waals surface area contributed by atoms with Crippen LogP contribution in [0.15, 0.2) is 11.4 Å². The zero-order chi connectivity index (χ0) is 30.9. The minimum Gasteiger partial charge on any atom is -0.373 e. The quantitative estimate of drug-likeness (QED) is 0.0415. The molecule has 1 heterocycles. The summed E-state index contributed by atoms with van der Waals surface area (Å²) in [5, 5.41) is 5.78. The molecular formula is C41H77LiOS. The zero-order valence-electron chi connectivity index (χ0n) is 30.8. The Balaban J connectivity index is 0.0000185. The predicted octanol–water partition coefficient (Wildman–Crippen LogP) is 12.3. The Morgan fingerprint density at radius 2 is 0.773 bits per heavy atom. The van der Waals surface area contributed by atoms with Crippen LogP contribution in [0.4, 0.5) is 0 Å². The third kappa shape index (κ3) is 25.4. The zero-order valence-corrected chi connectivity index (χ0v) is 31.6. The van der Waals surface area contributed by atoms with Crippen molar-refractivity contribution in [1.29, 1.82) is 0 Å². The summed E-state index contributed by atoms with van der Waals surface area (Å²) in [5.74, 6) is 0. The molecule has 0 saturated carbocycles. The van der Waals surface area contributed by atoms with Gasteiger partial charge in [0.1, 0.15) is 0 Å². The molecule has 0 saturated heterocycles. The predicted molar refractivity (Wildman–Crippen MR) is 196 cm³/mol. The standard InChI is InChI=1S/C41H77OS.Li/c1-4-7-9-11-13-15-17-19-21-23-25-27-29-31-33-36-41(42-6-3,40-35-38-43-39-40)37-34-32-30-28-26-24-22-20-18-16-14-12-10-8-5-2;/h35,38H,4-34,36-37H2,1-3H3;/q-1;+1. The SMILES string of the molecule is CCCCCCCCCCCCCCCCCC(CCCCCCCCCCCCCCCCC)(OCC)c1[c-]scc1.[Li+]. The van der Waals surface area contributed by atoms with Crippen molar-refractivity contribution in [1.82, 2.24) is 0 Å². The third-order valence-electron chi connectivity index (χ3n) is 9.75. The van der Waals surface area contributed by atoms with Crippen LogP contribution in [0, 0.1) is 5.38 Å². The van der Waals surface area contributed by atoms with Crippen molar-refractivity contribution in [3.05, 3.63) is 22.4 Å². The van der Waals surface area contributed by atoms with Crippen molar-refractivity contribution in [2.75, 3.05) is 6.61 Å². The van der Waals surface area contributed by atoms with E-state index in [1.807, 2.05) is 0 Å². The fourth-order valence-electron chi connectivity index (χ4n) is 6.93. The van der Waals surface area contributed by atoms with Crippen molar-refractivity contribution in [3.8, 4) is 0 Å². The first-order chi connectivity index (χ1) is 21.3. The van der Waals surface area contributed by atoms with Crippen LogP contribution in [0.5, 0.6) is 0 Å². The summed E-state index contributed by atoms with van der Waals surface area (Å²) in [6.07, 6.45) is 45.0. The van der Waals surface area contributed by atoms with E-state index in [0.29, 0.717) is 0 Å². The smallest absolute Gasteiger partial charge is 0.373 e. The molecule has 0 atom stereocenters. The van der Waals surface area contributed by atoms with E-state index in [0.717, 1.165) is 6.61 Å². The van der Waals surface area contributed by atoms with Gasteiger partial charge in [0.2, 0.25) is 0 Å². The summed E-state index contributed by atoms with van der Waals surface area (Å²) in [5.41, 5.74) is 1.23. The summed E-state index contributed by atoms with van der Waals surface area (Å²) in [7, 11) is 0. The normalized spacial score (nSPS) is 11.7. The van der Waals surface area contributed by atoms with Crippen LogP contribution in [-0.4, -0.2) is 6.61 Å². The first-order valence-corrected chi connectivity index (χ1v) is 20.8. The van der Waals surface area contributed by atoms with E-state index in [9.17, 15) is 0 Å². The monoisotopic (exact) mass is 625 g/mol. The molecule has 1 rings (SSSR count). The van der Waals surface area contributed by atoms with E-state index in [1.165, 1.54) is 211 Å². The van der Waals surface area contributed by atoms with E-state index in [2.05, 4.69) is 37.6 Å². The summed E-state index contributed by atoms with van der Waals surface area (Å²) >= 11 is 1.71. The van der Waals surface area contributed by atoms with Crippen LogP contribution < -0.4 is 18.9 Å². The number of thiophene rings is 1. The summed E-state index contributed by atoms with van der Waals surface area (Å²) in [6.45, 7) is 7.60.